The fourth-order valence-corrected chi connectivity index (χ4v) is 18.1. The van der Waals surface area contributed by atoms with Gasteiger partial charge in [-0.1, -0.05) is 102 Å². The van der Waals surface area contributed by atoms with Gasteiger partial charge in [0.05, 0.1) is 43.8 Å². The molecular weight excluding hydrogens is 1800 g/mol. The molecule has 750 valence electrons. The lowest BCUT2D eigenvalue weighted by molar-refractivity contribution is -0.149. The molecule has 3 fully saturated rings. The lowest BCUT2D eigenvalue weighted by atomic mass is 10.00. The van der Waals surface area contributed by atoms with Crippen LogP contribution in [0.15, 0.2) is 97.7 Å². The van der Waals surface area contributed by atoms with Crippen LogP contribution in [0.4, 0.5) is 0 Å². The van der Waals surface area contributed by atoms with Crippen molar-refractivity contribution < 1.29 is 91.7 Å². The van der Waals surface area contributed by atoms with Crippen LogP contribution in [0, 0.1) is 11.3 Å². The van der Waals surface area contributed by atoms with Crippen LogP contribution in [0.1, 0.15) is 157 Å². The number of aryl methyl sites for hydroxylation is 1. The van der Waals surface area contributed by atoms with Crippen molar-refractivity contribution in [3.8, 4) is 0 Å². The number of aromatic amines is 3. The second-order valence-electron chi connectivity index (χ2n) is 35.7. The van der Waals surface area contributed by atoms with Crippen LogP contribution in [-0.4, -0.2) is 324 Å². The smallest absolute Gasteiger partial charge is 0.248 e. The molecule has 44 nitrogen and oxygen atoms in total. The van der Waals surface area contributed by atoms with Gasteiger partial charge >= 0.3 is 0 Å². The van der Waals surface area contributed by atoms with E-state index in [2.05, 4.69) is 78.4 Å². The van der Waals surface area contributed by atoms with Gasteiger partial charge in [0, 0.05) is 130 Å². The highest BCUT2D eigenvalue weighted by Gasteiger charge is 2.45. The van der Waals surface area contributed by atoms with E-state index in [-0.39, 0.29) is 121 Å². The topological polar surface area (TPSA) is 667 Å². The molecule has 3 aromatic heterocycles. The van der Waals surface area contributed by atoms with Crippen LogP contribution in [0.25, 0.3) is 21.8 Å². The predicted octanol–water partition coefficient (Wildman–Crippen LogP) is -2.67. The van der Waals surface area contributed by atoms with E-state index >= 15 is 38.4 Å². The number of guanidine groups is 1. The summed E-state index contributed by atoms with van der Waals surface area (Å²) in [6.07, 6.45) is 5.45. The SMILES string of the molecule is CCCC[C@H]1C(=O)N(C)[C@@H](CCCC)C(=O)N[C@@H](CCCNC(=N)N)C(=O)N[C@H](C(=O)NCC(N)=O)CSCC(=O)N[C@@H](Cc2ccc(C(N)=O)cc2)C(=O)N(C)[C@@H](C)C(=O)NC(CC(N)=O)C(=O)N2CCC[C@H]2C(=O)N[C@@H](Cc2cnc[nH]2)C(=O)N[C@@H](CC(C)C)C(=O)N2C[C@H](O)CC2CN[C@@H](CCc2c[nH]c3ccccc23)C(=O)N[C@@H](CO)C(=O)N[C@@H](Cc2c[nH]c3ccccc23)C(=O)N1C. The number of unbranched alkanes of at least 4 members (excludes halogenated alkanes) is 2. The summed E-state index contributed by atoms with van der Waals surface area (Å²) < 4.78 is 0. The molecule has 3 aliphatic heterocycles. The first kappa shape index (κ1) is 108. The monoisotopic (exact) mass is 1940 g/mol. The van der Waals surface area contributed by atoms with Crippen LogP contribution in [0.5, 0.6) is 0 Å². The summed E-state index contributed by atoms with van der Waals surface area (Å²) in [6.45, 7) is 6.33. The zero-order valence-corrected chi connectivity index (χ0v) is 79.9. The van der Waals surface area contributed by atoms with Gasteiger partial charge in [0.15, 0.2) is 5.96 Å². The number of H-pyrrole nitrogens is 3. The maximum Gasteiger partial charge on any atom is 0.248 e. The van der Waals surface area contributed by atoms with Crippen molar-refractivity contribution in [3.05, 3.63) is 126 Å². The summed E-state index contributed by atoms with van der Waals surface area (Å²) >= 11 is 0.755. The molecule has 3 aromatic carbocycles. The van der Waals surface area contributed by atoms with E-state index in [1.54, 1.807) is 36.7 Å². The van der Waals surface area contributed by atoms with E-state index in [4.69, 9.17) is 28.3 Å². The molecular formula is C93H133N25O19S. The van der Waals surface area contributed by atoms with Crippen LogP contribution in [0.3, 0.4) is 0 Å². The van der Waals surface area contributed by atoms with Crippen molar-refractivity contribution in [1.29, 1.82) is 5.41 Å². The van der Waals surface area contributed by atoms with E-state index < -0.39 is 228 Å². The Morgan fingerprint density at radius 2 is 1.15 bits per heavy atom. The number of imidazole rings is 1. The van der Waals surface area contributed by atoms with Crippen LogP contribution in [-0.2, 0) is 102 Å². The number of carbonyl (C=O) groups excluding carboxylic acids is 17. The minimum atomic E-state index is -1.77. The number of likely N-dealkylation sites (N-methyl/N-ethyl adjacent to an activating group) is 3. The Balaban J connectivity index is 1.10. The van der Waals surface area contributed by atoms with Crippen LogP contribution in [0.2, 0.25) is 0 Å². The molecule has 45 heteroatoms. The molecule has 0 radical (unpaired) electrons. The molecule has 0 saturated carbocycles. The van der Waals surface area contributed by atoms with Gasteiger partial charge in [0.25, 0.3) is 0 Å². The Kier molecular flexibility index (Phi) is 40.8. The summed E-state index contributed by atoms with van der Waals surface area (Å²) in [4.78, 5) is 267. The second-order valence-corrected chi connectivity index (χ2v) is 36.8. The minimum absolute atomic E-state index is 0.00562. The molecule has 138 heavy (non-hydrogen) atoms. The van der Waals surface area contributed by atoms with Crippen molar-refractivity contribution in [3.63, 3.8) is 0 Å². The number of para-hydroxylation sites is 2. The summed E-state index contributed by atoms with van der Waals surface area (Å²) in [6, 6.07) is -0.0513. The Morgan fingerprint density at radius 3 is 1.78 bits per heavy atom. The van der Waals surface area contributed by atoms with Crippen molar-refractivity contribution in [1.82, 2.24) is 103 Å². The number of nitrogens with two attached hydrogens (primary N) is 4. The quantitative estimate of drug-likeness (QED) is 0.0135. The normalized spacial score (nSPS) is 24.5. The Bertz CT molecular complexity index is 5290. The molecule has 0 spiro atoms. The molecule has 6 heterocycles. The lowest BCUT2D eigenvalue weighted by Crippen LogP contribution is -2.61. The fourth-order valence-electron chi connectivity index (χ4n) is 17.3. The molecule has 15 atom stereocenters. The summed E-state index contributed by atoms with van der Waals surface area (Å²) in [5.41, 5.74) is 26.0. The Labute approximate surface area is 803 Å². The molecule has 0 aliphatic carbocycles. The van der Waals surface area contributed by atoms with E-state index in [0.717, 1.165) is 38.0 Å². The number of benzene rings is 3. The summed E-state index contributed by atoms with van der Waals surface area (Å²) in [5.74, 6) is -16.9. The van der Waals surface area contributed by atoms with E-state index in [0.29, 0.717) is 53.4 Å². The van der Waals surface area contributed by atoms with Crippen molar-refractivity contribution in [2.45, 2.75) is 241 Å². The van der Waals surface area contributed by atoms with Gasteiger partial charge in [-0.2, -0.15) is 0 Å². The lowest BCUT2D eigenvalue weighted by Gasteiger charge is -2.36. The minimum Gasteiger partial charge on any atom is -0.394 e. The van der Waals surface area contributed by atoms with Crippen LogP contribution >= 0.6 is 11.8 Å². The fraction of sp³-hybridized carbons (Fsp3) is 0.538. The first-order valence-corrected chi connectivity index (χ1v) is 47.8. The number of amides is 17. The number of hydrogen-bond acceptors (Lipinski definition) is 23. The third-order valence-electron chi connectivity index (χ3n) is 25.0. The molecule has 25 N–H and O–H groups in total. The average molecular weight is 1940 g/mol. The molecule has 0 bridgehead atoms. The zero-order valence-electron chi connectivity index (χ0n) is 79.1. The number of fused-ring (bicyclic) bond motifs is 4. The molecule has 17 amide bonds. The summed E-state index contributed by atoms with van der Waals surface area (Å²) in [7, 11) is 3.95. The number of nitrogens with zero attached hydrogens (tertiary/aromatic N) is 6. The highest BCUT2D eigenvalue weighted by Crippen LogP contribution is 2.28. The van der Waals surface area contributed by atoms with Gasteiger partial charge in [-0.15, -0.1) is 11.8 Å². The number of nitrogens with one attached hydrogen (secondary N) is 15. The number of carbonyl (C=O) groups is 17. The Morgan fingerprint density at radius 1 is 0.572 bits per heavy atom. The van der Waals surface area contributed by atoms with E-state index in [1.807, 2.05) is 52.0 Å². The molecule has 3 saturated heterocycles. The highest BCUT2D eigenvalue weighted by molar-refractivity contribution is 8.00. The molecule has 3 aliphatic rings. The van der Waals surface area contributed by atoms with Crippen molar-refractivity contribution in [2.24, 2.45) is 28.9 Å². The number of hydrogen-bond donors (Lipinski definition) is 21. The zero-order chi connectivity index (χ0) is 101. The first-order valence-electron chi connectivity index (χ1n) is 46.6. The third-order valence-corrected chi connectivity index (χ3v) is 26.0. The number of aliphatic hydroxyl groups is 2. The third kappa shape index (κ3) is 30.5. The maximum atomic E-state index is 15.8. The molecule has 9 rings (SSSR count). The van der Waals surface area contributed by atoms with Crippen molar-refractivity contribution >= 4 is 140 Å². The average Bonchev–Trinajstić information content (AvgIpc) is 1.64. The van der Waals surface area contributed by atoms with Gasteiger partial charge in [0.2, 0.25) is 100 Å². The van der Waals surface area contributed by atoms with Crippen molar-refractivity contribution in [2.75, 3.05) is 72.0 Å². The number of aliphatic hydroxyl groups excluding tert-OH is 2. The molecule has 2 unspecified atom stereocenters. The number of aromatic nitrogens is 4. The number of primary amides is 3. The van der Waals surface area contributed by atoms with Crippen LogP contribution < -0.4 is 81.4 Å². The molecule has 6 aromatic rings. The predicted molar refractivity (Wildman–Crippen MR) is 511 cm³/mol. The van der Waals surface area contributed by atoms with Gasteiger partial charge in [-0.3, -0.25) is 86.9 Å². The summed E-state index contributed by atoms with van der Waals surface area (Å²) in [5, 5.41) is 62.2. The number of rotatable bonds is 28. The largest absolute Gasteiger partial charge is 0.394 e. The first-order chi connectivity index (χ1) is 65.8. The Hall–Kier alpha value is -13.6. The van der Waals surface area contributed by atoms with E-state index in [9.17, 15) is 53.4 Å². The van der Waals surface area contributed by atoms with Gasteiger partial charge in [0.1, 0.15) is 72.5 Å². The number of thioether (sulfide) groups is 1. The standard InChI is InChI=1S/C93H133N25O19S/c1-9-11-24-73-86(131)107-65(23-17-33-100-93(97)98)83(128)113-72(81(126)104-45-77(95)122)48-138-49-78(123)106-68(36-53-27-29-54(30-28-53)79(96)124)88(133)114(6)52(5)80(125)109-70(40-76(94)121)90(135)117-34-18-26-74(117)87(132)108-66(38-57-43-99-50-105-57)84(129)110-67(35-51(3)4)91(136)118-46-59(120)39-58(118)44-103-64(32-31-55-41-101-62-21-15-13-19-60(55)62)82(127)112-71(47-119)85(130)111-69(37-56-42-102-63-22-16-14-20-61(56)63)89(134)116(8)75(25-12-10-2)92(137)115(73)7/h13-16,19-22,27-30,41-43,50-52,58-59,64-75,101-103,119-120H,9-12,17-18,23-26,31-40,44-49H2,1-8H3,(H2,94,121)(H2,95,122)(H2,96,124)(H,99,105)(H,104,126)(H,106,123)(H,107,131)(H,108,132)(H,109,125)(H,110,129)(H,111,130)(H,112,127)(H,113,128)(H4,97,98,100)/t52-,58?,59+,64-,65-,66-,67-,68-,69-,70?,71-,72-,73-,74-,75-/m0/s1. The second kappa shape index (κ2) is 52.1. The highest BCUT2D eigenvalue weighted by atomic mass is 32.2. The van der Waals surface area contributed by atoms with Gasteiger partial charge < -0.3 is 131 Å². The van der Waals surface area contributed by atoms with E-state index in [1.165, 1.54) is 79.6 Å². The van der Waals surface area contributed by atoms with Gasteiger partial charge in [-0.25, -0.2) is 4.98 Å². The van der Waals surface area contributed by atoms with Gasteiger partial charge in [-0.05, 0) is 118 Å². The maximum absolute atomic E-state index is 15.8.